The summed E-state index contributed by atoms with van der Waals surface area (Å²) in [6, 6.07) is 11.9. The van der Waals surface area contributed by atoms with E-state index in [2.05, 4.69) is 21.3 Å². The lowest BCUT2D eigenvalue weighted by atomic mass is 9.88. The maximum atomic E-state index is 12.6. The van der Waals surface area contributed by atoms with Crippen molar-refractivity contribution in [2.24, 2.45) is 11.8 Å². The number of pyridine rings is 1. The summed E-state index contributed by atoms with van der Waals surface area (Å²) in [4.78, 5) is 19.6. The van der Waals surface area contributed by atoms with Crippen LogP contribution in [0.25, 0.3) is 0 Å². The van der Waals surface area contributed by atoms with E-state index in [9.17, 15) is 4.79 Å². The molecule has 0 spiro atoms. The number of aromatic nitrogens is 1. The molecule has 1 aliphatic carbocycles. The van der Waals surface area contributed by atoms with E-state index < -0.39 is 0 Å². The third-order valence-electron chi connectivity index (χ3n) is 6.14. The van der Waals surface area contributed by atoms with Gasteiger partial charge in [0, 0.05) is 30.8 Å². The zero-order valence-corrected chi connectivity index (χ0v) is 17.8. The normalized spacial score (nSPS) is 20.4. The van der Waals surface area contributed by atoms with Gasteiger partial charge in [-0.3, -0.25) is 14.7 Å². The first kappa shape index (κ1) is 20.7. The number of hydrogen-bond acceptors (Lipinski definition) is 5. The molecule has 4 rings (SSSR count). The number of hydrogen-bond donors (Lipinski definition) is 1. The highest BCUT2D eigenvalue weighted by atomic mass is 16.5. The molecule has 1 aromatic carbocycles. The fourth-order valence-electron chi connectivity index (χ4n) is 4.44. The SMILES string of the molecule is COc1cccc(CN2CCC[C@@H]([C@@H](NC(=O)C3CC3)c3ccccn3)C2)c1OC. The molecule has 6 nitrogen and oxygen atoms in total. The lowest BCUT2D eigenvalue weighted by Crippen LogP contribution is -2.43. The molecule has 1 N–H and O–H groups in total. The number of methoxy groups -OCH3 is 2. The molecule has 160 valence electrons. The smallest absolute Gasteiger partial charge is 0.223 e. The van der Waals surface area contributed by atoms with E-state index in [1.807, 2.05) is 36.5 Å². The minimum absolute atomic E-state index is 0.0469. The standard InChI is InChI=1S/C24H31N3O3/c1-29-21-10-5-7-19(23(21)30-2)16-27-14-6-8-18(15-27)22(20-9-3-4-13-25-20)26-24(28)17-11-12-17/h3-5,7,9-10,13,17-18,22H,6,8,11-12,14-16H2,1-2H3,(H,26,28)/t18-,22-/m1/s1. The van der Waals surface area contributed by atoms with Crippen LogP contribution in [-0.4, -0.2) is 43.1 Å². The molecule has 2 aromatic rings. The molecule has 1 amide bonds. The van der Waals surface area contributed by atoms with Gasteiger partial charge in [0.15, 0.2) is 11.5 Å². The third-order valence-corrected chi connectivity index (χ3v) is 6.14. The number of carbonyl (C=O) groups excluding carboxylic acids is 1. The Morgan fingerprint density at radius 2 is 2.03 bits per heavy atom. The number of amides is 1. The topological polar surface area (TPSA) is 63.7 Å². The highest BCUT2D eigenvalue weighted by Crippen LogP contribution is 2.35. The van der Waals surface area contributed by atoms with Gasteiger partial charge in [0.1, 0.15) is 0 Å². The largest absolute Gasteiger partial charge is 0.493 e. The van der Waals surface area contributed by atoms with Crippen molar-refractivity contribution in [3.63, 3.8) is 0 Å². The summed E-state index contributed by atoms with van der Waals surface area (Å²) >= 11 is 0. The van der Waals surface area contributed by atoms with Crippen molar-refractivity contribution in [3.8, 4) is 11.5 Å². The first-order valence-corrected chi connectivity index (χ1v) is 10.8. The first-order chi connectivity index (χ1) is 14.7. The predicted octanol–water partition coefficient (Wildman–Crippen LogP) is 3.58. The maximum absolute atomic E-state index is 12.6. The molecular formula is C24H31N3O3. The summed E-state index contributed by atoms with van der Waals surface area (Å²) in [7, 11) is 3.35. The second-order valence-corrected chi connectivity index (χ2v) is 8.31. The Labute approximate surface area is 178 Å². The minimum Gasteiger partial charge on any atom is -0.493 e. The molecule has 0 bridgehead atoms. The number of nitrogens with one attached hydrogen (secondary N) is 1. The molecule has 30 heavy (non-hydrogen) atoms. The molecule has 2 aliphatic rings. The van der Waals surface area contributed by atoms with E-state index >= 15 is 0 Å². The fourth-order valence-corrected chi connectivity index (χ4v) is 4.44. The lowest BCUT2D eigenvalue weighted by Gasteiger charge is -2.37. The van der Waals surface area contributed by atoms with Crippen molar-refractivity contribution >= 4 is 5.91 Å². The van der Waals surface area contributed by atoms with Gasteiger partial charge in [-0.1, -0.05) is 18.2 Å². The quantitative estimate of drug-likeness (QED) is 0.722. The Hall–Kier alpha value is -2.60. The predicted molar refractivity (Wildman–Crippen MR) is 115 cm³/mol. The van der Waals surface area contributed by atoms with Crippen molar-refractivity contribution < 1.29 is 14.3 Å². The van der Waals surface area contributed by atoms with Crippen LogP contribution in [0.4, 0.5) is 0 Å². The highest BCUT2D eigenvalue weighted by molar-refractivity contribution is 5.81. The van der Waals surface area contributed by atoms with Crippen LogP contribution < -0.4 is 14.8 Å². The Morgan fingerprint density at radius 3 is 2.73 bits per heavy atom. The van der Waals surface area contributed by atoms with Gasteiger partial charge in [-0.05, 0) is 56.3 Å². The van der Waals surface area contributed by atoms with E-state index in [1.165, 1.54) is 0 Å². The molecule has 2 atom stereocenters. The van der Waals surface area contributed by atoms with Crippen LogP contribution >= 0.6 is 0 Å². The average molecular weight is 410 g/mol. The molecule has 0 unspecified atom stereocenters. The van der Waals surface area contributed by atoms with E-state index in [0.29, 0.717) is 5.92 Å². The van der Waals surface area contributed by atoms with Gasteiger partial charge < -0.3 is 14.8 Å². The van der Waals surface area contributed by atoms with Crippen LogP contribution in [0, 0.1) is 11.8 Å². The average Bonchev–Trinajstić information content (AvgIpc) is 3.63. The maximum Gasteiger partial charge on any atom is 0.223 e. The molecule has 1 aliphatic heterocycles. The van der Waals surface area contributed by atoms with Crippen molar-refractivity contribution in [3.05, 3.63) is 53.9 Å². The van der Waals surface area contributed by atoms with Crippen LogP contribution in [0.5, 0.6) is 11.5 Å². The number of para-hydroxylation sites is 1. The second-order valence-electron chi connectivity index (χ2n) is 8.31. The van der Waals surface area contributed by atoms with Crippen LogP contribution in [0.1, 0.15) is 43.0 Å². The van der Waals surface area contributed by atoms with Gasteiger partial charge in [0.2, 0.25) is 5.91 Å². The second kappa shape index (κ2) is 9.47. The zero-order valence-electron chi connectivity index (χ0n) is 17.8. The number of nitrogens with zero attached hydrogens (tertiary/aromatic N) is 2. The van der Waals surface area contributed by atoms with Gasteiger partial charge in [0.05, 0.1) is 26.0 Å². The van der Waals surface area contributed by atoms with Crippen LogP contribution in [0.3, 0.4) is 0 Å². The Morgan fingerprint density at radius 1 is 1.17 bits per heavy atom. The van der Waals surface area contributed by atoms with E-state index in [4.69, 9.17) is 9.47 Å². The molecular weight excluding hydrogens is 378 g/mol. The summed E-state index contributed by atoms with van der Waals surface area (Å²) in [6.07, 6.45) is 6.01. The lowest BCUT2D eigenvalue weighted by molar-refractivity contribution is -0.123. The van der Waals surface area contributed by atoms with Crippen molar-refractivity contribution in [1.29, 1.82) is 0 Å². The van der Waals surface area contributed by atoms with Gasteiger partial charge in [0.25, 0.3) is 0 Å². The summed E-state index contributed by atoms with van der Waals surface area (Å²) < 4.78 is 11.1. The highest BCUT2D eigenvalue weighted by Gasteiger charge is 2.35. The number of benzene rings is 1. The monoisotopic (exact) mass is 409 g/mol. The molecule has 2 fully saturated rings. The number of likely N-dealkylation sites (tertiary alicyclic amines) is 1. The summed E-state index contributed by atoms with van der Waals surface area (Å²) in [6.45, 7) is 2.73. The van der Waals surface area contributed by atoms with E-state index in [-0.39, 0.29) is 17.9 Å². The van der Waals surface area contributed by atoms with Crippen LogP contribution in [0.2, 0.25) is 0 Å². The van der Waals surface area contributed by atoms with Gasteiger partial charge in [-0.2, -0.15) is 0 Å². The molecule has 1 saturated heterocycles. The Balaban J connectivity index is 1.50. The van der Waals surface area contributed by atoms with Gasteiger partial charge in [-0.15, -0.1) is 0 Å². The van der Waals surface area contributed by atoms with Crippen molar-refractivity contribution in [1.82, 2.24) is 15.2 Å². The minimum atomic E-state index is -0.0469. The zero-order chi connectivity index (χ0) is 20.9. The number of rotatable bonds is 8. The van der Waals surface area contributed by atoms with E-state index in [0.717, 1.165) is 68.1 Å². The summed E-state index contributed by atoms with van der Waals surface area (Å²) in [5, 5.41) is 3.32. The molecule has 6 heteroatoms. The van der Waals surface area contributed by atoms with E-state index in [1.54, 1.807) is 14.2 Å². The van der Waals surface area contributed by atoms with Crippen LogP contribution in [0.15, 0.2) is 42.6 Å². The Kier molecular flexibility index (Phi) is 6.53. The molecule has 2 heterocycles. The molecule has 1 aromatic heterocycles. The van der Waals surface area contributed by atoms with Crippen molar-refractivity contribution in [2.75, 3.05) is 27.3 Å². The summed E-state index contributed by atoms with van der Waals surface area (Å²) in [5.74, 6) is 2.25. The number of carbonyl (C=O) groups is 1. The van der Waals surface area contributed by atoms with Gasteiger partial charge in [-0.25, -0.2) is 0 Å². The van der Waals surface area contributed by atoms with Crippen molar-refractivity contribution in [2.45, 2.75) is 38.3 Å². The Bertz CT molecular complexity index is 854. The van der Waals surface area contributed by atoms with Crippen LogP contribution in [-0.2, 0) is 11.3 Å². The molecule has 0 radical (unpaired) electrons. The third kappa shape index (κ3) is 4.75. The summed E-state index contributed by atoms with van der Waals surface area (Å²) in [5.41, 5.74) is 2.08. The molecule has 1 saturated carbocycles. The number of piperidine rings is 1. The number of ether oxygens (including phenoxy) is 2. The van der Waals surface area contributed by atoms with Gasteiger partial charge >= 0.3 is 0 Å². The fraction of sp³-hybridized carbons (Fsp3) is 0.500. The first-order valence-electron chi connectivity index (χ1n) is 10.8.